The molecule has 4 aliphatic rings. The number of amides is 1. The van der Waals surface area contributed by atoms with Crippen LogP contribution in [0.5, 0.6) is 5.75 Å². The summed E-state index contributed by atoms with van der Waals surface area (Å²) in [6, 6.07) is 14.6. The van der Waals surface area contributed by atoms with Crippen molar-refractivity contribution in [1.82, 2.24) is 19.4 Å². The first-order valence-corrected chi connectivity index (χ1v) is 15.9. The summed E-state index contributed by atoms with van der Waals surface area (Å²) in [6.45, 7) is 7.50. The summed E-state index contributed by atoms with van der Waals surface area (Å²) in [4.78, 5) is 27.4. The number of hydrogen-bond donors (Lipinski definition) is 2. The fraction of sp³-hybridized carbons (Fsp3) is 0.361. The minimum atomic E-state index is -0.260. The number of benzene rings is 2. The Morgan fingerprint density at radius 3 is 2.60 bits per heavy atom. The Morgan fingerprint density at radius 1 is 1.07 bits per heavy atom. The molecule has 4 fully saturated rings. The average Bonchev–Trinajstić information content (AvgIpc) is 3.98. The van der Waals surface area contributed by atoms with Gasteiger partial charge in [-0.15, -0.1) is 5.92 Å². The van der Waals surface area contributed by atoms with E-state index in [4.69, 9.17) is 9.72 Å². The monoisotopic (exact) mass is 599 g/mol. The lowest BCUT2D eigenvalue weighted by Gasteiger charge is -2.37. The van der Waals surface area contributed by atoms with E-state index in [1.807, 2.05) is 19.1 Å². The second kappa shape index (κ2) is 11.0. The van der Waals surface area contributed by atoms with Gasteiger partial charge >= 0.3 is 0 Å². The zero-order valence-corrected chi connectivity index (χ0v) is 25.7. The molecule has 2 saturated carbocycles. The molecule has 9 heteroatoms. The molecule has 1 amide bonds. The van der Waals surface area contributed by atoms with E-state index < -0.39 is 0 Å². The van der Waals surface area contributed by atoms with Gasteiger partial charge in [-0.2, -0.15) is 0 Å². The number of anilines is 4. The Morgan fingerprint density at radius 2 is 1.89 bits per heavy atom. The van der Waals surface area contributed by atoms with Crippen molar-refractivity contribution in [3.63, 3.8) is 0 Å². The van der Waals surface area contributed by atoms with Crippen molar-refractivity contribution in [1.29, 1.82) is 0 Å². The number of piperazine rings is 1. The summed E-state index contributed by atoms with van der Waals surface area (Å²) < 4.78 is 8.28. The van der Waals surface area contributed by atoms with E-state index in [2.05, 4.69) is 78.9 Å². The first-order chi connectivity index (χ1) is 22.0. The smallest absolute Gasteiger partial charge is 0.247 e. The number of rotatable bonds is 9. The van der Waals surface area contributed by atoms with Gasteiger partial charge in [-0.05, 0) is 57.2 Å². The van der Waals surface area contributed by atoms with Crippen LogP contribution < -0.4 is 20.3 Å². The van der Waals surface area contributed by atoms with Gasteiger partial charge in [0.05, 0.1) is 35.4 Å². The predicted octanol–water partition coefficient (Wildman–Crippen LogP) is 6.11. The van der Waals surface area contributed by atoms with E-state index in [1.165, 1.54) is 37.3 Å². The quantitative estimate of drug-likeness (QED) is 0.177. The van der Waals surface area contributed by atoms with Gasteiger partial charge in [0.1, 0.15) is 5.75 Å². The summed E-state index contributed by atoms with van der Waals surface area (Å²) in [7, 11) is 1.66. The molecule has 9 nitrogen and oxygen atoms in total. The van der Waals surface area contributed by atoms with Crippen molar-refractivity contribution in [3.8, 4) is 28.8 Å². The van der Waals surface area contributed by atoms with Crippen molar-refractivity contribution in [3.05, 3.63) is 67.0 Å². The minimum absolute atomic E-state index is 0.260. The van der Waals surface area contributed by atoms with E-state index in [0.29, 0.717) is 41.2 Å². The van der Waals surface area contributed by atoms with Crippen LogP contribution >= 0.6 is 0 Å². The van der Waals surface area contributed by atoms with Crippen molar-refractivity contribution >= 4 is 39.8 Å². The Kier molecular flexibility index (Phi) is 6.76. The number of nitrogens with one attached hydrogen (secondary N) is 2. The van der Waals surface area contributed by atoms with Crippen molar-refractivity contribution < 1.29 is 9.53 Å². The number of ether oxygens (including phenoxy) is 1. The molecule has 45 heavy (non-hydrogen) atoms. The molecular formula is C36H37N7O2. The third-order valence-corrected chi connectivity index (χ3v) is 9.60. The van der Waals surface area contributed by atoms with Crippen LogP contribution in [0.15, 0.2) is 61.4 Å². The second-order valence-corrected chi connectivity index (χ2v) is 12.5. The van der Waals surface area contributed by atoms with Gasteiger partial charge in [0, 0.05) is 72.2 Å². The van der Waals surface area contributed by atoms with Crippen LogP contribution in [0.25, 0.3) is 22.2 Å². The SMILES string of the molecule is C=CC(=O)Nc1cc(Nc2ncc(C#CC)c(-c3cn(C4CC4)c4ccccc34)n2)c(OC)cc1N1C[C@@H]2C[C@H]1CN2C1CC1. The molecule has 0 spiro atoms. The fourth-order valence-electron chi connectivity index (χ4n) is 7.25. The third kappa shape index (κ3) is 4.99. The molecule has 4 heterocycles. The number of hydrogen-bond acceptors (Lipinski definition) is 7. The van der Waals surface area contributed by atoms with Gasteiger partial charge in [0.25, 0.3) is 0 Å². The molecule has 4 aromatic rings. The molecule has 2 bridgehead atoms. The molecule has 2 saturated heterocycles. The third-order valence-electron chi connectivity index (χ3n) is 9.60. The largest absolute Gasteiger partial charge is 0.494 e. The van der Waals surface area contributed by atoms with E-state index in [9.17, 15) is 4.79 Å². The van der Waals surface area contributed by atoms with Gasteiger partial charge in [0.15, 0.2) is 0 Å². The van der Waals surface area contributed by atoms with Crippen LogP contribution in [0.3, 0.4) is 0 Å². The molecule has 2 aliphatic carbocycles. The number of carbonyl (C=O) groups excluding carboxylic acids is 1. The average molecular weight is 600 g/mol. The zero-order valence-electron chi connectivity index (χ0n) is 25.7. The van der Waals surface area contributed by atoms with Gasteiger partial charge in [-0.1, -0.05) is 30.7 Å². The number of aromatic nitrogens is 3. The van der Waals surface area contributed by atoms with Crippen molar-refractivity contribution in [2.45, 2.75) is 63.2 Å². The second-order valence-electron chi connectivity index (χ2n) is 12.5. The lowest BCUT2D eigenvalue weighted by molar-refractivity contribution is -0.111. The van der Waals surface area contributed by atoms with E-state index >= 15 is 0 Å². The number of para-hydroxylation sites is 1. The minimum Gasteiger partial charge on any atom is -0.494 e. The van der Waals surface area contributed by atoms with Crippen LogP contribution in [0.2, 0.25) is 0 Å². The standard InChI is InChI=1S/C36H37N7O2/c1-4-8-22-18-37-36(40-35(22)28-21-43(24-13-14-24)31-10-7-6-9-27(28)31)39-30-16-29(38-34(44)5-2)32(17-33(30)45-3)42-20-25-15-26(42)19-41(25)23-11-12-23/h5-7,9-10,16-18,21,23-26H,2,11-15,19-20H2,1,3H3,(H,38,44)(H,37,39,40)/t25-,26-/m0/s1. The van der Waals surface area contributed by atoms with E-state index in [1.54, 1.807) is 13.3 Å². The van der Waals surface area contributed by atoms with Crippen molar-refractivity contribution in [2.24, 2.45) is 0 Å². The number of likely N-dealkylation sites (tertiary alicyclic amines) is 1. The molecule has 2 N–H and O–H groups in total. The topological polar surface area (TPSA) is 87.5 Å². The van der Waals surface area contributed by atoms with Crippen LogP contribution in [-0.2, 0) is 4.79 Å². The highest BCUT2D eigenvalue weighted by Gasteiger charge is 2.48. The Bertz CT molecular complexity index is 1890. The van der Waals surface area contributed by atoms with Crippen LogP contribution in [0, 0.1) is 11.8 Å². The Labute approximate surface area is 263 Å². The van der Waals surface area contributed by atoms with Crippen LogP contribution in [-0.4, -0.2) is 63.7 Å². The molecule has 2 aliphatic heterocycles. The molecule has 0 radical (unpaired) electrons. The highest BCUT2D eigenvalue weighted by molar-refractivity contribution is 6.02. The summed E-state index contributed by atoms with van der Waals surface area (Å²) in [5.74, 6) is 7.04. The van der Waals surface area contributed by atoms with Crippen molar-refractivity contribution in [2.75, 3.05) is 35.7 Å². The summed E-state index contributed by atoms with van der Waals surface area (Å²) in [5, 5.41) is 7.60. The summed E-state index contributed by atoms with van der Waals surface area (Å²) in [6.07, 6.45) is 11.4. The molecular weight excluding hydrogens is 562 g/mol. The Balaban J connectivity index is 1.17. The number of nitrogens with zero attached hydrogens (tertiary/aromatic N) is 5. The lowest BCUT2D eigenvalue weighted by Crippen LogP contribution is -2.47. The molecule has 0 unspecified atom stereocenters. The molecule has 2 aromatic carbocycles. The van der Waals surface area contributed by atoms with Gasteiger partial charge in [-0.3, -0.25) is 9.69 Å². The normalized spacial score (nSPS) is 20.6. The fourth-order valence-corrected chi connectivity index (χ4v) is 7.25. The summed E-state index contributed by atoms with van der Waals surface area (Å²) in [5.41, 5.74) is 6.10. The Hall–Kier alpha value is -4.81. The number of fused-ring (bicyclic) bond motifs is 3. The highest BCUT2D eigenvalue weighted by atomic mass is 16.5. The first-order valence-electron chi connectivity index (χ1n) is 15.9. The molecule has 2 aromatic heterocycles. The zero-order chi connectivity index (χ0) is 30.7. The van der Waals surface area contributed by atoms with Crippen LogP contribution in [0.1, 0.15) is 50.6 Å². The predicted molar refractivity (Wildman–Crippen MR) is 178 cm³/mol. The van der Waals surface area contributed by atoms with Gasteiger partial charge < -0.3 is 24.8 Å². The first kappa shape index (κ1) is 27.7. The molecule has 8 rings (SSSR count). The van der Waals surface area contributed by atoms with E-state index in [0.717, 1.165) is 53.4 Å². The summed E-state index contributed by atoms with van der Waals surface area (Å²) >= 11 is 0. The van der Waals surface area contributed by atoms with Gasteiger partial charge in [0.2, 0.25) is 11.9 Å². The van der Waals surface area contributed by atoms with E-state index in [-0.39, 0.29) is 5.91 Å². The lowest BCUT2D eigenvalue weighted by atomic mass is 10.1. The maximum Gasteiger partial charge on any atom is 0.247 e. The number of methoxy groups -OCH3 is 1. The van der Waals surface area contributed by atoms with Gasteiger partial charge in [-0.25, -0.2) is 9.97 Å². The number of carbonyl (C=O) groups is 1. The molecule has 228 valence electrons. The van der Waals surface area contributed by atoms with Crippen LogP contribution in [0.4, 0.5) is 23.0 Å². The maximum absolute atomic E-state index is 12.6. The highest BCUT2D eigenvalue weighted by Crippen LogP contribution is 2.46. The molecule has 2 atom stereocenters. The maximum atomic E-state index is 12.6.